The number of nitrogens with one attached hydrogen (secondary N) is 2. The van der Waals surface area contributed by atoms with E-state index in [9.17, 15) is 27.6 Å². The van der Waals surface area contributed by atoms with E-state index in [1.54, 1.807) is 0 Å². The summed E-state index contributed by atoms with van der Waals surface area (Å²) in [6.07, 6.45) is -4.41. The summed E-state index contributed by atoms with van der Waals surface area (Å²) in [5.41, 5.74) is 1.48. The van der Waals surface area contributed by atoms with Gasteiger partial charge in [-0.05, 0) is 35.9 Å². The van der Waals surface area contributed by atoms with Crippen molar-refractivity contribution in [1.82, 2.24) is 10.2 Å². The third-order valence-electron chi connectivity index (χ3n) is 4.13. The lowest BCUT2D eigenvalue weighted by molar-refractivity contribution is -0.153. The number of imide groups is 1. The topological polar surface area (TPSA) is 87.7 Å². The maximum absolute atomic E-state index is 12.1. The Balaban J connectivity index is 1.53. The SMILES string of the molecule is CN1C(=O)c2ccc(NC(=O)NCc3ccc(OCC(F)(F)F)cc3)cc2C1=O. The van der Waals surface area contributed by atoms with Crippen LogP contribution in [0.5, 0.6) is 5.75 Å². The van der Waals surface area contributed by atoms with Crippen molar-refractivity contribution in [3.63, 3.8) is 0 Å². The molecule has 0 spiro atoms. The van der Waals surface area contributed by atoms with Gasteiger partial charge in [-0.15, -0.1) is 0 Å². The van der Waals surface area contributed by atoms with Crippen LogP contribution in [0.3, 0.4) is 0 Å². The van der Waals surface area contributed by atoms with Crippen LogP contribution in [0.15, 0.2) is 42.5 Å². The molecule has 3 rings (SSSR count). The van der Waals surface area contributed by atoms with E-state index in [4.69, 9.17) is 0 Å². The van der Waals surface area contributed by atoms with E-state index in [1.807, 2.05) is 0 Å². The lowest BCUT2D eigenvalue weighted by atomic mass is 10.1. The zero-order valence-corrected chi connectivity index (χ0v) is 15.2. The van der Waals surface area contributed by atoms with Gasteiger partial charge in [0.2, 0.25) is 0 Å². The number of nitrogens with zero attached hydrogens (tertiary/aromatic N) is 1. The lowest BCUT2D eigenvalue weighted by Crippen LogP contribution is -2.28. The highest BCUT2D eigenvalue weighted by atomic mass is 19.4. The number of hydrogen-bond acceptors (Lipinski definition) is 4. The number of ether oxygens (including phenoxy) is 1. The Labute approximate surface area is 163 Å². The molecule has 0 aromatic heterocycles. The predicted molar refractivity (Wildman–Crippen MR) is 96.7 cm³/mol. The second-order valence-corrected chi connectivity index (χ2v) is 6.29. The number of carbonyl (C=O) groups excluding carboxylic acids is 3. The molecule has 1 aliphatic heterocycles. The van der Waals surface area contributed by atoms with Crippen LogP contribution in [0.1, 0.15) is 26.3 Å². The smallest absolute Gasteiger partial charge is 0.422 e. The second-order valence-electron chi connectivity index (χ2n) is 6.29. The number of urea groups is 1. The van der Waals surface area contributed by atoms with E-state index in [0.29, 0.717) is 11.3 Å². The summed E-state index contributed by atoms with van der Waals surface area (Å²) in [6, 6.07) is 9.66. The molecule has 152 valence electrons. The summed E-state index contributed by atoms with van der Waals surface area (Å²) in [7, 11) is 1.38. The maximum atomic E-state index is 12.1. The van der Waals surface area contributed by atoms with Crippen LogP contribution >= 0.6 is 0 Å². The Bertz CT molecular complexity index is 958. The van der Waals surface area contributed by atoms with Gasteiger partial charge in [-0.3, -0.25) is 14.5 Å². The average molecular weight is 407 g/mol. The molecule has 1 aliphatic rings. The van der Waals surface area contributed by atoms with Crippen molar-refractivity contribution in [2.75, 3.05) is 19.0 Å². The summed E-state index contributed by atoms with van der Waals surface area (Å²) in [6.45, 7) is -1.26. The van der Waals surface area contributed by atoms with Crippen molar-refractivity contribution >= 4 is 23.5 Å². The number of benzene rings is 2. The molecule has 0 unspecified atom stereocenters. The van der Waals surface area contributed by atoms with E-state index < -0.39 is 30.6 Å². The number of anilines is 1. The molecule has 0 saturated carbocycles. The normalized spacial score (nSPS) is 13.3. The summed E-state index contributed by atoms with van der Waals surface area (Å²) < 4.78 is 41.0. The van der Waals surface area contributed by atoms with Crippen LogP contribution in [0.4, 0.5) is 23.7 Å². The summed E-state index contributed by atoms with van der Waals surface area (Å²) in [5.74, 6) is -0.775. The third-order valence-corrected chi connectivity index (χ3v) is 4.13. The largest absolute Gasteiger partial charge is 0.484 e. The molecule has 0 radical (unpaired) electrons. The quantitative estimate of drug-likeness (QED) is 0.746. The van der Waals surface area contributed by atoms with E-state index in [0.717, 1.165) is 4.90 Å². The van der Waals surface area contributed by atoms with Gasteiger partial charge in [0.05, 0.1) is 11.1 Å². The zero-order chi connectivity index (χ0) is 21.2. The number of amides is 4. The first kappa shape index (κ1) is 20.2. The van der Waals surface area contributed by atoms with Gasteiger partial charge < -0.3 is 15.4 Å². The van der Waals surface area contributed by atoms with Gasteiger partial charge in [-0.2, -0.15) is 13.2 Å². The summed E-state index contributed by atoms with van der Waals surface area (Å²) in [4.78, 5) is 36.9. The third kappa shape index (κ3) is 4.84. The van der Waals surface area contributed by atoms with Gasteiger partial charge in [0.25, 0.3) is 11.8 Å². The second kappa shape index (κ2) is 7.82. The molecule has 0 saturated heterocycles. The molecular formula is C19H16F3N3O4. The van der Waals surface area contributed by atoms with Gasteiger partial charge in [0, 0.05) is 19.3 Å². The number of rotatable bonds is 5. The Morgan fingerprint density at radius 1 is 1.03 bits per heavy atom. The van der Waals surface area contributed by atoms with Gasteiger partial charge in [0.15, 0.2) is 6.61 Å². The van der Waals surface area contributed by atoms with Crippen LogP contribution < -0.4 is 15.4 Å². The van der Waals surface area contributed by atoms with E-state index in [1.165, 1.54) is 49.5 Å². The Morgan fingerprint density at radius 2 is 1.69 bits per heavy atom. The minimum absolute atomic E-state index is 0.0675. The van der Waals surface area contributed by atoms with Crippen LogP contribution in [0.25, 0.3) is 0 Å². The van der Waals surface area contributed by atoms with Crippen LogP contribution in [-0.4, -0.2) is 42.6 Å². The molecule has 10 heteroatoms. The van der Waals surface area contributed by atoms with Crippen LogP contribution in [0.2, 0.25) is 0 Å². The molecule has 1 heterocycles. The van der Waals surface area contributed by atoms with E-state index in [-0.39, 0.29) is 23.4 Å². The number of carbonyl (C=O) groups is 3. The van der Waals surface area contributed by atoms with Crippen molar-refractivity contribution in [3.8, 4) is 5.75 Å². The molecule has 2 aromatic carbocycles. The minimum atomic E-state index is -4.41. The van der Waals surface area contributed by atoms with E-state index >= 15 is 0 Å². The van der Waals surface area contributed by atoms with E-state index in [2.05, 4.69) is 15.4 Å². The van der Waals surface area contributed by atoms with Crippen molar-refractivity contribution < 1.29 is 32.3 Å². The van der Waals surface area contributed by atoms with Gasteiger partial charge in [-0.1, -0.05) is 12.1 Å². The van der Waals surface area contributed by atoms with Gasteiger partial charge in [0.1, 0.15) is 5.75 Å². The predicted octanol–water partition coefficient (Wildman–Crippen LogP) is 3.18. The number of fused-ring (bicyclic) bond motifs is 1. The Morgan fingerprint density at radius 3 is 2.34 bits per heavy atom. The highest BCUT2D eigenvalue weighted by molar-refractivity contribution is 6.21. The molecule has 29 heavy (non-hydrogen) atoms. The number of hydrogen-bond donors (Lipinski definition) is 2. The Hall–Kier alpha value is -3.56. The molecule has 2 N–H and O–H groups in total. The lowest BCUT2D eigenvalue weighted by Gasteiger charge is -2.10. The van der Waals surface area contributed by atoms with Crippen LogP contribution in [0, 0.1) is 0 Å². The fourth-order valence-corrected chi connectivity index (χ4v) is 2.67. The molecule has 2 aromatic rings. The van der Waals surface area contributed by atoms with Gasteiger partial charge >= 0.3 is 12.2 Å². The fraction of sp³-hybridized carbons (Fsp3) is 0.211. The average Bonchev–Trinajstić information content (AvgIpc) is 2.89. The van der Waals surface area contributed by atoms with Crippen molar-refractivity contribution in [1.29, 1.82) is 0 Å². The van der Waals surface area contributed by atoms with Crippen molar-refractivity contribution in [2.45, 2.75) is 12.7 Å². The first-order valence-electron chi connectivity index (χ1n) is 8.44. The first-order chi connectivity index (χ1) is 13.6. The highest BCUT2D eigenvalue weighted by Gasteiger charge is 2.32. The minimum Gasteiger partial charge on any atom is -0.484 e. The fourth-order valence-electron chi connectivity index (χ4n) is 2.67. The number of halogens is 3. The molecule has 0 aliphatic carbocycles. The molecule has 0 fully saturated rings. The molecule has 0 atom stereocenters. The molecular weight excluding hydrogens is 391 g/mol. The maximum Gasteiger partial charge on any atom is 0.422 e. The zero-order valence-electron chi connectivity index (χ0n) is 15.2. The molecule has 0 bridgehead atoms. The highest BCUT2D eigenvalue weighted by Crippen LogP contribution is 2.24. The monoisotopic (exact) mass is 407 g/mol. The van der Waals surface area contributed by atoms with Crippen molar-refractivity contribution in [3.05, 3.63) is 59.2 Å². The standard InChI is InChI=1S/C19H16F3N3O4/c1-25-16(26)14-7-4-12(8-15(14)17(25)27)24-18(28)23-9-11-2-5-13(6-3-11)29-10-19(20,21)22/h2-8H,9-10H2,1H3,(H2,23,24,28). The van der Waals surface area contributed by atoms with Crippen LogP contribution in [-0.2, 0) is 6.54 Å². The Kier molecular flexibility index (Phi) is 5.44. The first-order valence-corrected chi connectivity index (χ1v) is 8.44. The van der Waals surface area contributed by atoms with Crippen molar-refractivity contribution in [2.24, 2.45) is 0 Å². The summed E-state index contributed by atoms with van der Waals surface area (Å²) in [5, 5.41) is 5.15. The number of alkyl halides is 3. The van der Waals surface area contributed by atoms with Gasteiger partial charge in [-0.25, -0.2) is 4.79 Å². The summed E-state index contributed by atoms with van der Waals surface area (Å²) >= 11 is 0. The molecule has 7 nitrogen and oxygen atoms in total. The molecule has 4 amide bonds.